The molecule has 3 rings (SSSR count). The number of aryl methyl sites for hydroxylation is 1. The molecule has 1 aliphatic rings. The van der Waals surface area contributed by atoms with Crippen molar-refractivity contribution >= 4 is 34.2 Å². The van der Waals surface area contributed by atoms with Gasteiger partial charge >= 0.3 is 0 Å². The average Bonchev–Trinajstić information content (AvgIpc) is 3.03. The molecule has 0 spiro atoms. The zero-order valence-corrected chi connectivity index (χ0v) is 16.8. The summed E-state index contributed by atoms with van der Waals surface area (Å²) < 4.78 is 5.29. The summed E-state index contributed by atoms with van der Waals surface area (Å²) in [7, 11) is 3.32. The van der Waals surface area contributed by atoms with E-state index in [4.69, 9.17) is 4.74 Å². The number of anilines is 1. The molecule has 0 unspecified atom stereocenters. The molecule has 1 fully saturated rings. The van der Waals surface area contributed by atoms with E-state index in [1.165, 1.54) is 9.80 Å². The molecule has 9 heteroatoms. The Hall–Kier alpha value is -2.78. The number of thiazole rings is 1. The van der Waals surface area contributed by atoms with Gasteiger partial charge in [0.2, 0.25) is 5.91 Å². The van der Waals surface area contributed by atoms with Gasteiger partial charge in [0.25, 0.3) is 11.8 Å². The number of carbonyl (C=O) groups is 3. The lowest BCUT2D eigenvalue weighted by atomic mass is 10.1. The molecular formula is C19H22N4O4S. The molecule has 0 bridgehead atoms. The van der Waals surface area contributed by atoms with Crippen LogP contribution in [0.25, 0.3) is 0 Å². The maximum absolute atomic E-state index is 12.8. The Labute approximate surface area is 167 Å². The van der Waals surface area contributed by atoms with E-state index in [0.29, 0.717) is 22.2 Å². The molecule has 1 aromatic heterocycles. The van der Waals surface area contributed by atoms with Gasteiger partial charge in [0.05, 0.1) is 12.3 Å². The van der Waals surface area contributed by atoms with Crippen LogP contribution < -0.4 is 5.32 Å². The second-order valence-electron chi connectivity index (χ2n) is 6.66. The Kier molecular flexibility index (Phi) is 6.05. The number of hydrogen-bond donors (Lipinski definition) is 1. The number of morpholine rings is 1. The molecule has 1 saturated heterocycles. The van der Waals surface area contributed by atoms with Crippen LogP contribution in [0.2, 0.25) is 0 Å². The van der Waals surface area contributed by atoms with Crippen LogP contribution in [-0.4, -0.2) is 65.9 Å². The molecule has 2 aromatic rings. The fourth-order valence-corrected chi connectivity index (χ4v) is 3.83. The van der Waals surface area contributed by atoms with E-state index in [-0.39, 0.29) is 30.9 Å². The zero-order chi connectivity index (χ0) is 20.3. The van der Waals surface area contributed by atoms with Crippen LogP contribution in [0.3, 0.4) is 0 Å². The molecule has 1 aromatic carbocycles. The van der Waals surface area contributed by atoms with Crippen molar-refractivity contribution in [2.75, 3.05) is 32.6 Å². The topological polar surface area (TPSA) is 91.8 Å². The van der Waals surface area contributed by atoms with Crippen molar-refractivity contribution in [2.45, 2.75) is 19.5 Å². The van der Waals surface area contributed by atoms with Gasteiger partial charge in [-0.05, 0) is 12.5 Å². The summed E-state index contributed by atoms with van der Waals surface area (Å²) in [6.07, 6.45) is 0. The number of ether oxygens (including phenoxy) is 1. The van der Waals surface area contributed by atoms with E-state index in [2.05, 4.69) is 10.3 Å². The number of aromatic nitrogens is 1. The molecule has 0 radical (unpaired) electrons. The molecule has 3 amide bonds. The normalized spacial score (nSPS) is 16.8. The molecule has 2 heterocycles. The minimum atomic E-state index is -0.765. The smallest absolute Gasteiger partial charge is 0.265 e. The van der Waals surface area contributed by atoms with Crippen LogP contribution in [0.5, 0.6) is 0 Å². The summed E-state index contributed by atoms with van der Waals surface area (Å²) in [5.74, 6) is -0.798. The van der Waals surface area contributed by atoms with Crippen LogP contribution in [-0.2, 0) is 20.9 Å². The Morgan fingerprint density at radius 2 is 2.04 bits per heavy atom. The average molecular weight is 402 g/mol. The van der Waals surface area contributed by atoms with Gasteiger partial charge in [0.1, 0.15) is 17.5 Å². The van der Waals surface area contributed by atoms with Crippen LogP contribution >= 0.6 is 11.3 Å². The fourth-order valence-electron chi connectivity index (χ4n) is 2.84. The van der Waals surface area contributed by atoms with Gasteiger partial charge < -0.3 is 19.9 Å². The molecule has 1 aliphatic heterocycles. The van der Waals surface area contributed by atoms with Crippen molar-refractivity contribution in [3.63, 3.8) is 0 Å². The number of nitrogens with zero attached hydrogens (tertiary/aromatic N) is 3. The minimum absolute atomic E-state index is 0.0472. The van der Waals surface area contributed by atoms with E-state index in [9.17, 15) is 14.4 Å². The van der Waals surface area contributed by atoms with Gasteiger partial charge in [-0.2, -0.15) is 0 Å². The molecule has 0 aliphatic carbocycles. The van der Waals surface area contributed by atoms with Gasteiger partial charge in [0, 0.05) is 20.6 Å². The number of benzene rings is 1. The van der Waals surface area contributed by atoms with Crippen molar-refractivity contribution in [1.82, 2.24) is 14.8 Å². The first-order valence-electron chi connectivity index (χ1n) is 8.78. The predicted octanol–water partition coefficient (Wildman–Crippen LogP) is 1.52. The summed E-state index contributed by atoms with van der Waals surface area (Å²) in [5.41, 5.74) is 1.48. The van der Waals surface area contributed by atoms with Gasteiger partial charge in [-0.25, -0.2) is 4.98 Å². The first-order valence-corrected chi connectivity index (χ1v) is 9.59. The second-order valence-corrected chi connectivity index (χ2v) is 7.66. The van der Waals surface area contributed by atoms with Gasteiger partial charge in [0.15, 0.2) is 5.13 Å². The van der Waals surface area contributed by atoms with Crippen LogP contribution in [0, 0.1) is 6.92 Å². The zero-order valence-electron chi connectivity index (χ0n) is 16.0. The number of amides is 3. The molecule has 1 atom stereocenters. The summed E-state index contributed by atoms with van der Waals surface area (Å²) in [4.78, 5) is 45.1. The number of carbonyl (C=O) groups excluding carboxylic acids is 3. The number of rotatable bonds is 5. The molecule has 28 heavy (non-hydrogen) atoms. The predicted molar refractivity (Wildman–Crippen MR) is 105 cm³/mol. The highest BCUT2D eigenvalue weighted by Crippen LogP contribution is 2.24. The first-order chi connectivity index (χ1) is 13.4. The van der Waals surface area contributed by atoms with Crippen molar-refractivity contribution < 1.29 is 19.1 Å². The summed E-state index contributed by atoms with van der Waals surface area (Å²) in [6, 6.07) is 8.71. The quantitative estimate of drug-likeness (QED) is 0.819. The van der Waals surface area contributed by atoms with Crippen LogP contribution in [0.1, 0.15) is 20.9 Å². The monoisotopic (exact) mass is 402 g/mol. The molecular weight excluding hydrogens is 380 g/mol. The number of nitrogens with one attached hydrogen (secondary N) is 1. The Bertz CT molecular complexity index is 881. The van der Waals surface area contributed by atoms with Gasteiger partial charge in [-0.3, -0.25) is 14.4 Å². The van der Waals surface area contributed by atoms with E-state index in [1.807, 2.05) is 30.3 Å². The largest absolute Gasteiger partial charge is 0.369 e. The second kappa shape index (κ2) is 8.49. The SMILES string of the molecule is Cc1nc(NC(=O)[C@@H]2COCC(=O)N2Cc2ccccc2)sc1C(=O)N(C)C. The van der Waals surface area contributed by atoms with Crippen molar-refractivity contribution in [1.29, 1.82) is 0 Å². The highest BCUT2D eigenvalue weighted by atomic mass is 32.1. The van der Waals surface area contributed by atoms with Crippen LogP contribution in [0.15, 0.2) is 30.3 Å². The van der Waals surface area contributed by atoms with Crippen molar-refractivity contribution in [3.8, 4) is 0 Å². The van der Waals surface area contributed by atoms with Crippen molar-refractivity contribution in [2.24, 2.45) is 0 Å². The number of hydrogen-bond acceptors (Lipinski definition) is 6. The molecule has 148 valence electrons. The van der Waals surface area contributed by atoms with E-state index in [0.717, 1.165) is 16.9 Å². The lowest BCUT2D eigenvalue weighted by molar-refractivity contribution is -0.154. The third-order valence-electron chi connectivity index (χ3n) is 4.32. The maximum Gasteiger partial charge on any atom is 0.265 e. The standard InChI is InChI=1S/C19H22N4O4S/c1-12-16(18(26)22(2)3)28-19(20-12)21-17(25)14-10-27-11-15(24)23(14)9-13-7-5-4-6-8-13/h4-8,14H,9-11H2,1-3H3,(H,20,21,25)/t14-/m0/s1. The van der Waals surface area contributed by atoms with E-state index >= 15 is 0 Å². The first kappa shape index (κ1) is 20.0. The van der Waals surface area contributed by atoms with E-state index < -0.39 is 6.04 Å². The minimum Gasteiger partial charge on any atom is -0.369 e. The highest BCUT2D eigenvalue weighted by Gasteiger charge is 2.34. The van der Waals surface area contributed by atoms with Crippen LogP contribution in [0.4, 0.5) is 5.13 Å². The summed E-state index contributed by atoms with van der Waals surface area (Å²) in [5, 5.41) is 3.05. The Morgan fingerprint density at radius 1 is 1.32 bits per heavy atom. The van der Waals surface area contributed by atoms with Gasteiger partial charge in [-0.15, -0.1) is 0 Å². The highest BCUT2D eigenvalue weighted by molar-refractivity contribution is 7.17. The summed E-state index contributed by atoms with van der Waals surface area (Å²) in [6.45, 7) is 2.10. The van der Waals surface area contributed by atoms with Crippen molar-refractivity contribution in [3.05, 3.63) is 46.5 Å². The molecule has 8 nitrogen and oxygen atoms in total. The fraction of sp³-hybridized carbons (Fsp3) is 0.368. The third kappa shape index (κ3) is 4.37. The lowest BCUT2D eigenvalue weighted by Gasteiger charge is -2.34. The lowest BCUT2D eigenvalue weighted by Crippen LogP contribution is -2.54. The third-order valence-corrected chi connectivity index (χ3v) is 5.38. The molecule has 1 N–H and O–H groups in total. The Morgan fingerprint density at radius 3 is 2.71 bits per heavy atom. The van der Waals surface area contributed by atoms with Gasteiger partial charge in [-0.1, -0.05) is 41.7 Å². The maximum atomic E-state index is 12.8. The van der Waals surface area contributed by atoms with E-state index in [1.54, 1.807) is 21.0 Å². The molecule has 0 saturated carbocycles. The Balaban J connectivity index is 1.75. The summed E-state index contributed by atoms with van der Waals surface area (Å²) >= 11 is 1.12.